The van der Waals surface area contributed by atoms with Crippen LogP contribution in [0.3, 0.4) is 0 Å². The first kappa shape index (κ1) is 33.4. The molecule has 3 N–H and O–H groups in total. The van der Waals surface area contributed by atoms with Crippen LogP contribution in [0.2, 0.25) is 0 Å². The molecule has 1 amide bonds. The van der Waals surface area contributed by atoms with Gasteiger partial charge >= 0.3 is 0 Å². The smallest absolute Gasteiger partial charge is 0.222 e. The number of benzene rings is 4. The minimum Gasteiger partial charge on any atom is -0.492 e. The van der Waals surface area contributed by atoms with E-state index in [1.165, 1.54) is 0 Å². The Balaban J connectivity index is 1.96. The van der Waals surface area contributed by atoms with E-state index >= 15 is 0 Å². The molecule has 4 aromatic rings. The average Bonchev–Trinajstić information content (AvgIpc) is 2.87. The van der Waals surface area contributed by atoms with Crippen molar-refractivity contribution in [3.63, 3.8) is 0 Å². The predicted octanol–water partition coefficient (Wildman–Crippen LogP) is 8.37. The molecule has 0 aromatic heterocycles. The first-order chi connectivity index (χ1) is 20.3. The Kier molecular flexibility index (Phi) is 8.98. The number of nitrogens with one attached hydrogen (secondary N) is 1. The van der Waals surface area contributed by atoms with E-state index in [1.807, 2.05) is 60.6 Å². The molecule has 0 spiro atoms. The van der Waals surface area contributed by atoms with Gasteiger partial charge in [-0.3, -0.25) is 4.79 Å². The van der Waals surface area contributed by atoms with E-state index in [-0.39, 0.29) is 11.8 Å². The second-order valence-electron chi connectivity index (χ2n) is 15.0. The number of carbonyl (C=O) groups is 1. The molecule has 7 heteroatoms. The Hall–Kier alpha value is -3.45. The molecule has 0 aliphatic rings. The molecule has 0 aliphatic heterocycles. The zero-order chi connectivity index (χ0) is 32.8. The molecule has 0 saturated heterocycles. The number of ether oxygens (including phenoxy) is 4. The van der Waals surface area contributed by atoms with Gasteiger partial charge in [0.1, 0.15) is 11.2 Å². The lowest BCUT2D eigenvalue weighted by molar-refractivity contribution is -0.126. The average molecular weight is 605 g/mol. The summed E-state index contributed by atoms with van der Waals surface area (Å²) in [7, 11) is 1.68. The number of hydrogen-bond acceptors (Lipinski definition) is 6. The van der Waals surface area contributed by atoms with Crippen molar-refractivity contribution < 1.29 is 23.7 Å². The summed E-state index contributed by atoms with van der Waals surface area (Å²) < 4.78 is 26.3. The van der Waals surface area contributed by atoms with Crippen LogP contribution in [-0.4, -0.2) is 41.9 Å². The van der Waals surface area contributed by atoms with Crippen LogP contribution in [0.1, 0.15) is 89.0 Å². The summed E-state index contributed by atoms with van der Waals surface area (Å²) >= 11 is 0. The molecule has 0 radical (unpaired) electrons. The fourth-order valence-electron chi connectivity index (χ4n) is 6.89. The van der Waals surface area contributed by atoms with Gasteiger partial charge < -0.3 is 30.0 Å². The highest BCUT2D eigenvalue weighted by atomic mass is 16.5. The van der Waals surface area contributed by atoms with Crippen LogP contribution in [0, 0.1) is 5.92 Å². The molecule has 0 aliphatic carbocycles. The molecule has 0 fully saturated rings. The third kappa shape index (κ3) is 6.93. The summed E-state index contributed by atoms with van der Waals surface area (Å²) in [6.45, 7) is 22.6. The number of nitrogens with two attached hydrogens (primary N) is 1. The molecular formula is C37H52N2O5. The second kappa shape index (κ2) is 11.8. The molecule has 7 nitrogen and oxygen atoms in total. The predicted molar refractivity (Wildman–Crippen MR) is 182 cm³/mol. The van der Waals surface area contributed by atoms with Crippen LogP contribution in [0.25, 0.3) is 32.3 Å². The van der Waals surface area contributed by atoms with E-state index in [9.17, 15) is 4.79 Å². The first-order valence-electron chi connectivity index (χ1n) is 15.7. The van der Waals surface area contributed by atoms with Crippen LogP contribution in [-0.2, 0) is 4.79 Å². The first-order valence-corrected chi connectivity index (χ1v) is 15.7. The summed E-state index contributed by atoms with van der Waals surface area (Å²) in [5, 5.41) is 8.99. The highest BCUT2D eigenvalue weighted by molar-refractivity contribution is 6.29. The topological polar surface area (TPSA) is 92.0 Å². The zero-order valence-electron chi connectivity index (χ0n) is 28.8. The molecule has 44 heavy (non-hydrogen) atoms. The maximum absolute atomic E-state index is 12.6. The molecule has 4 rings (SSSR count). The van der Waals surface area contributed by atoms with Crippen molar-refractivity contribution >= 4 is 38.2 Å². The Morgan fingerprint density at radius 2 is 1.18 bits per heavy atom. The number of hydrogen-bond donors (Lipinski definition) is 2. The molecule has 0 heterocycles. The minimum absolute atomic E-state index is 0.0188. The maximum atomic E-state index is 12.6. The number of carbonyl (C=O) groups excluding carboxylic acids is 1. The van der Waals surface area contributed by atoms with Gasteiger partial charge in [0.2, 0.25) is 5.91 Å². The van der Waals surface area contributed by atoms with Crippen molar-refractivity contribution in [3.05, 3.63) is 36.4 Å². The molecular weight excluding hydrogens is 552 g/mol. The molecule has 0 bridgehead atoms. The molecule has 0 unspecified atom stereocenters. The molecule has 0 saturated carbocycles. The van der Waals surface area contributed by atoms with E-state index in [4.69, 9.17) is 24.7 Å². The molecule has 0 atom stereocenters. The van der Waals surface area contributed by atoms with Crippen LogP contribution in [0.5, 0.6) is 23.0 Å². The van der Waals surface area contributed by atoms with Crippen LogP contribution in [0.4, 0.5) is 0 Å². The SMILES string of the molecule is CCOc1c(OC(C)(C)CC(C)(C)N)c2cccc3c(OC)c(OC(C)(C)CC(C)(C)NC(=O)C(C)C)c4cccc1c4c32. The largest absolute Gasteiger partial charge is 0.492 e. The Morgan fingerprint density at radius 1 is 0.750 bits per heavy atom. The van der Waals surface area contributed by atoms with E-state index in [1.54, 1.807) is 7.11 Å². The summed E-state index contributed by atoms with van der Waals surface area (Å²) in [6, 6.07) is 12.3. The van der Waals surface area contributed by atoms with Crippen molar-refractivity contribution in [2.24, 2.45) is 11.7 Å². The summed E-state index contributed by atoms with van der Waals surface area (Å²) in [5.74, 6) is 2.64. The summed E-state index contributed by atoms with van der Waals surface area (Å²) in [5.41, 5.74) is 4.33. The lowest BCUT2D eigenvalue weighted by Crippen LogP contribution is -2.50. The summed E-state index contributed by atoms with van der Waals surface area (Å²) in [6.07, 6.45) is 1.23. The highest BCUT2D eigenvalue weighted by Gasteiger charge is 2.35. The van der Waals surface area contributed by atoms with Crippen molar-refractivity contribution in [1.29, 1.82) is 0 Å². The Morgan fingerprint density at radius 3 is 1.61 bits per heavy atom. The second-order valence-corrected chi connectivity index (χ2v) is 15.0. The van der Waals surface area contributed by atoms with Gasteiger partial charge in [0, 0.05) is 62.2 Å². The van der Waals surface area contributed by atoms with E-state index in [0.717, 1.165) is 32.3 Å². The Labute approximate surface area is 263 Å². The van der Waals surface area contributed by atoms with E-state index < -0.39 is 22.3 Å². The number of methoxy groups -OCH3 is 1. The van der Waals surface area contributed by atoms with Gasteiger partial charge in [-0.05, 0) is 62.3 Å². The highest BCUT2D eigenvalue weighted by Crippen LogP contribution is 2.54. The van der Waals surface area contributed by atoms with Crippen LogP contribution < -0.4 is 30.0 Å². The van der Waals surface area contributed by atoms with E-state index in [2.05, 4.69) is 57.3 Å². The lowest BCUT2D eigenvalue weighted by Gasteiger charge is -2.37. The molecule has 240 valence electrons. The Bertz CT molecular complexity index is 1650. The van der Waals surface area contributed by atoms with Gasteiger partial charge in [-0.1, -0.05) is 50.2 Å². The normalized spacial score (nSPS) is 13.2. The monoisotopic (exact) mass is 604 g/mol. The van der Waals surface area contributed by atoms with E-state index in [0.29, 0.717) is 42.4 Å². The third-order valence-electron chi connectivity index (χ3n) is 7.75. The molecule has 4 aromatic carbocycles. The zero-order valence-corrected chi connectivity index (χ0v) is 28.8. The van der Waals surface area contributed by atoms with Crippen molar-refractivity contribution in [2.45, 2.75) is 111 Å². The third-order valence-corrected chi connectivity index (χ3v) is 7.75. The van der Waals surface area contributed by atoms with Crippen molar-refractivity contribution in [3.8, 4) is 23.0 Å². The fraction of sp³-hybridized carbons (Fsp3) is 0.541. The van der Waals surface area contributed by atoms with Gasteiger partial charge in [0.25, 0.3) is 0 Å². The number of amides is 1. The van der Waals surface area contributed by atoms with Gasteiger partial charge in [0.05, 0.1) is 13.7 Å². The van der Waals surface area contributed by atoms with Crippen LogP contribution >= 0.6 is 0 Å². The standard InChI is InChI=1S/C37H52N2O5/c1-13-42-30-24-17-15-18-25-28(24)27-23(16-14-19-26(27)32(30)44-36(8,9)20-34(4,5)38)29(41-12)31(25)43-37(10,11)21-35(6,7)39-33(40)22(2)3/h14-19,22H,13,20-21,38H2,1-12H3,(H,39,40). The number of rotatable bonds is 13. The van der Waals surface area contributed by atoms with Crippen molar-refractivity contribution in [2.75, 3.05) is 13.7 Å². The minimum atomic E-state index is -0.648. The van der Waals surface area contributed by atoms with Gasteiger partial charge in [-0.2, -0.15) is 0 Å². The lowest BCUT2D eigenvalue weighted by atomic mass is 9.88. The van der Waals surface area contributed by atoms with Gasteiger partial charge in [-0.25, -0.2) is 0 Å². The van der Waals surface area contributed by atoms with Crippen LogP contribution in [0.15, 0.2) is 36.4 Å². The van der Waals surface area contributed by atoms with Crippen molar-refractivity contribution in [1.82, 2.24) is 5.32 Å². The quantitative estimate of drug-likeness (QED) is 0.149. The van der Waals surface area contributed by atoms with Gasteiger partial charge in [-0.15, -0.1) is 0 Å². The maximum Gasteiger partial charge on any atom is 0.222 e. The summed E-state index contributed by atoms with van der Waals surface area (Å²) in [4.78, 5) is 12.6. The van der Waals surface area contributed by atoms with Gasteiger partial charge in [0.15, 0.2) is 23.0 Å². The fourth-order valence-corrected chi connectivity index (χ4v) is 6.89.